The van der Waals surface area contributed by atoms with Crippen molar-refractivity contribution in [3.05, 3.63) is 59.2 Å². The lowest BCUT2D eigenvalue weighted by atomic mass is 10.0. The molecular weight excluding hydrogens is 560 g/mol. The fourth-order valence-corrected chi connectivity index (χ4v) is 4.98. The number of ether oxygens (including phenoxy) is 3. The number of carbonyl (C=O) groups excluding carboxylic acids is 3. The molecule has 2 aliphatic heterocycles. The first-order valence-corrected chi connectivity index (χ1v) is 14.6. The molecule has 1 saturated heterocycles. The average molecular weight is 603 g/mol. The van der Waals surface area contributed by atoms with Gasteiger partial charge in [-0.1, -0.05) is 12.1 Å². The standard InChI is InChI=1S/C31H42N4O6.ClH/c1-22(32)23-7-5-8-26(20-23)41-17-4-2-3-14-39-15-6-16-40-18-13-33-25-9-10-27-24(19-25)21-35(31(27)38)28-11-12-29(36)34-30(28)37;/h5,7-10,19-20,22,28,33H,2-4,6,11-18,21,32H2,1H3,(H,34,36,37);1H/t22-,28?;/m1./s1. The van der Waals surface area contributed by atoms with Gasteiger partial charge >= 0.3 is 0 Å². The van der Waals surface area contributed by atoms with Crippen LogP contribution in [0.4, 0.5) is 5.69 Å². The van der Waals surface area contributed by atoms with Gasteiger partial charge in [-0.2, -0.15) is 0 Å². The second-order valence-electron chi connectivity index (χ2n) is 10.5. The summed E-state index contributed by atoms with van der Waals surface area (Å²) in [6.45, 7) is 6.27. The number of unbranched alkanes of at least 4 members (excludes halogenated alkanes) is 2. The van der Waals surface area contributed by atoms with E-state index >= 15 is 0 Å². The zero-order valence-electron chi connectivity index (χ0n) is 24.3. The van der Waals surface area contributed by atoms with Gasteiger partial charge in [0.2, 0.25) is 11.8 Å². The summed E-state index contributed by atoms with van der Waals surface area (Å²) < 4.78 is 17.2. The number of anilines is 1. The van der Waals surface area contributed by atoms with E-state index in [-0.39, 0.29) is 36.7 Å². The molecule has 0 aliphatic carbocycles. The average Bonchev–Trinajstić information content (AvgIpc) is 3.28. The lowest BCUT2D eigenvalue weighted by Gasteiger charge is -2.29. The Morgan fingerprint density at radius 1 is 0.976 bits per heavy atom. The molecule has 2 aliphatic rings. The molecule has 4 N–H and O–H groups in total. The monoisotopic (exact) mass is 602 g/mol. The number of carbonyl (C=O) groups is 3. The predicted octanol–water partition coefficient (Wildman–Crippen LogP) is 3.97. The molecular formula is C31H43ClN4O6. The molecule has 2 aromatic rings. The van der Waals surface area contributed by atoms with Crippen molar-refractivity contribution in [1.29, 1.82) is 0 Å². The van der Waals surface area contributed by atoms with Crippen molar-refractivity contribution in [2.24, 2.45) is 5.73 Å². The Hall–Kier alpha value is -3.18. The molecule has 4 rings (SSSR count). The van der Waals surface area contributed by atoms with Gasteiger partial charge in [-0.25, -0.2) is 0 Å². The van der Waals surface area contributed by atoms with Crippen LogP contribution in [-0.2, 0) is 25.6 Å². The van der Waals surface area contributed by atoms with Crippen molar-refractivity contribution in [3.63, 3.8) is 0 Å². The molecule has 2 heterocycles. The van der Waals surface area contributed by atoms with Crippen molar-refractivity contribution in [2.75, 3.05) is 44.9 Å². The molecule has 1 unspecified atom stereocenters. The third kappa shape index (κ3) is 9.69. The van der Waals surface area contributed by atoms with E-state index in [4.69, 9.17) is 19.9 Å². The second kappa shape index (κ2) is 17.1. The highest BCUT2D eigenvalue weighted by atomic mass is 35.5. The number of nitrogens with zero attached hydrogens (tertiary/aromatic N) is 1. The number of benzene rings is 2. The van der Waals surface area contributed by atoms with Gasteiger partial charge in [-0.3, -0.25) is 19.7 Å². The lowest BCUT2D eigenvalue weighted by Crippen LogP contribution is -2.52. The number of nitrogens with two attached hydrogens (primary N) is 1. The minimum atomic E-state index is -0.601. The summed E-state index contributed by atoms with van der Waals surface area (Å²) in [6.07, 6.45) is 4.50. The van der Waals surface area contributed by atoms with Crippen LogP contribution < -0.4 is 21.1 Å². The molecule has 0 saturated carbocycles. The molecule has 0 aromatic heterocycles. The zero-order valence-corrected chi connectivity index (χ0v) is 25.1. The molecule has 230 valence electrons. The maximum Gasteiger partial charge on any atom is 0.255 e. The summed E-state index contributed by atoms with van der Waals surface area (Å²) in [5.41, 5.74) is 9.38. The minimum Gasteiger partial charge on any atom is -0.494 e. The number of imide groups is 1. The van der Waals surface area contributed by atoms with Crippen molar-refractivity contribution in [3.8, 4) is 5.75 Å². The molecule has 0 bridgehead atoms. The zero-order chi connectivity index (χ0) is 29.0. The van der Waals surface area contributed by atoms with Crippen LogP contribution >= 0.6 is 12.4 Å². The number of halogens is 1. The van der Waals surface area contributed by atoms with Crippen LogP contribution in [0.15, 0.2) is 42.5 Å². The Kier molecular flexibility index (Phi) is 13.5. The Labute approximate surface area is 254 Å². The van der Waals surface area contributed by atoms with Crippen LogP contribution in [0.5, 0.6) is 5.75 Å². The van der Waals surface area contributed by atoms with E-state index in [2.05, 4.69) is 10.6 Å². The summed E-state index contributed by atoms with van der Waals surface area (Å²) in [5.74, 6) is 0.0176. The van der Waals surface area contributed by atoms with Crippen molar-refractivity contribution in [2.45, 2.75) is 64.1 Å². The first-order valence-electron chi connectivity index (χ1n) is 14.6. The van der Waals surface area contributed by atoms with Crippen LogP contribution in [0.2, 0.25) is 0 Å². The number of nitrogens with one attached hydrogen (secondary N) is 2. The third-order valence-electron chi connectivity index (χ3n) is 7.26. The fraction of sp³-hybridized carbons (Fsp3) is 0.516. The van der Waals surface area contributed by atoms with Crippen LogP contribution in [0.3, 0.4) is 0 Å². The van der Waals surface area contributed by atoms with Crippen LogP contribution in [0, 0.1) is 0 Å². The Morgan fingerprint density at radius 3 is 2.52 bits per heavy atom. The topological polar surface area (TPSA) is 132 Å². The van der Waals surface area contributed by atoms with Crippen molar-refractivity contribution < 1.29 is 28.6 Å². The largest absolute Gasteiger partial charge is 0.494 e. The SMILES string of the molecule is C[C@@H](N)c1cccc(OCCCCCOCCCOCCNc2ccc3c(c2)CN(C2CCC(=O)NC2=O)C3=O)c1.Cl. The van der Waals surface area contributed by atoms with Gasteiger partial charge in [0.05, 0.1) is 13.2 Å². The summed E-state index contributed by atoms with van der Waals surface area (Å²) in [4.78, 5) is 38.0. The summed E-state index contributed by atoms with van der Waals surface area (Å²) in [5, 5.41) is 5.65. The molecule has 2 aromatic carbocycles. The van der Waals surface area contributed by atoms with E-state index in [0.29, 0.717) is 51.5 Å². The van der Waals surface area contributed by atoms with Gasteiger partial charge in [0, 0.05) is 56.6 Å². The van der Waals surface area contributed by atoms with Gasteiger partial charge in [0.25, 0.3) is 5.91 Å². The van der Waals surface area contributed by atoms with E-state index in [1.165, 1.54) is 0 Å². The first kappa shape index (κ1) is 33.3. The highest BCUT2D eigenvalue weighted by Crippen LogP contribution is 2.29. The highest BCUT2D eigenvalue weighted by molar-refractivity contribution is 6.05. The van der Waals surface area contributed by atoms with Gasteiger partial charge in [-0.05, 0) is 80.5 Å². The maximum atomic E-state index is 12.8. The summed E-state index contributed by atoms with van der Waals surface area (Å²) >= 11 is 0. The van der Waals surface area contributed by atoms with Crippen LogP contribution in [-0.4, -0.2) is 68.2 Å². The van der Waals surface area contributed by atoms with Crippen LogP contribution in [0.25, 0.3) is 0 Å². The van der Waals surface area contributed by atoms with E-state index in [1.54, 1.807) is 11.0 Å². The van der Waals surface area contributed by atoms with E-state index in [1.807, 2.05) is 43.3 Å². The van der Waals surface area contributed by atoms with Crippen molar-refractivity contribution in [1.82, 2.24) is 10.2 Å². The number of piperidine rings is 1. The van der Waals surface area contributed by atoms with E-state index in [9.17, 15) is 14.4 Å². The minimum absolute atomic E-state index is 0. The summed E-state index contributed by atoms with van der Waals surface area (Å²) in [7, 11) is 0. The number of amides is 3. The van der Waals surface area contributed by atoms with Gasteiger partial charge in [0.1, 0.15) is 11.8 Å². The summed E-state index contributed by atoms with van der Waals surface area (Å²) in [6, 6.07) is 13.0. The normalized spacial score (nSPS) is 17.0. The van der Waals surface area contributed by atoms with Gasteiger partial charge in [-0.15, -0.1) is 12.4 Å². The first-order chi connectivity index (χ1) is 19.9. The van der Waals surface area contributed by atoms with Crippen LogP contribution in [0.1, 0.15) is 73.0 Å². The number of hydrogen-bond donors (Lipinski definition) is 3. The molecule has 0 radical (unpaired) electrons. The Bertz CT molecular complexity index is 1190. The Balaban J connectivity index is 0.00000484. The molecule has 3 amide bonds. The predicted molar refractivity (Wildman–Crippen MR) is 163 cm³/mol. The second-order valence-corrected chi connectivity index (χ2v) is 10.5. The van der Waals surface area contributed by atoms with Gasteiger partial charge in [0.15, 0.2) is 0 Å². The smallest absolute Gasteiger partial charge is 0.255 e. The maximum absolute atomic E-state index is 12.8. The number of fused-ring (bicyclic) bond motifs is 1. The molecule has 11 heteroatoms. The quantitative estimate of drug-likeness (QED) is 0.183. The molecule has 0 spiro atoms. The lowest BCUT2D eigenvalue weighted by molar-refractivity contribution is -0.136. The molecule has 42 heavy (non-hydrogen) atoms. The molecule has 2 atom stereocenters. The fourth-order valence-electron chi connectivity index (χ4n) is 4.98. The van der Waals surface area contributed by atoms with E-state index < -0.39 is 11.9 Å². The van der Waals surface area contributed by atoms with E-state index in [0.717, 1.165) is 54.9 Å². The molecule has 10 nitrogen and oxygen atoms in total. The Morgan fingerprint density at radius 2 is 1.74 bits per heavy atom. The van der Waals surface area contributed by atoms with Gasteiger partial charge < -0.3 is 30.2 Å². The van der Waals surface area contributed by atoms with Crippen molar-refractivity contribution >= 4 is 35.8 Å². The number of rotatable bonds is 17. The third-order valence-corrected chi connectivity index (χ3v) is 7.26. The number of hydrogen-bond acceptors (Lipinski definition) is 8. The highest BCUT2D eigenvalue weighted by Gasteiger charge is 2.39. The molecule has 1 fully saturated rings.